The third-order valence-corrected chi connectivity index (χ3v) is 6.07. The lowest BCUT2D eigenvalue weighted by Gasteiger charge is -2.02. The van der Waals surface area contributed by atoms with Crippen molar-refractivity contribution >= 4 is 35.6 Å². The van der Waals surface area contributed by atoms with Crippen LogP contribution in [0.4, 0.5) is 0 Å². The summed E-state index contributed by atoms with van der Waals surface area (Å²) in [5, 5.41) is 22.9. The quantitative estimate of drug-likeness (QED) is 0.287. The van der Waals surface area contributed by atoms with E-state index in [9.17, 15) is 9.59 Å². The molecule has 12 heteroatoms. The zero-order valence-corrected chi connectivity index (χ0v) is 21.3. The maximum absolute atomic E-state index is 12.2. The van der Waals surface area contributed by atoms with E-state index in [1.165, 1.54) is 9.35 Å². The molecule has 0 fully saturated rings. The summed E-state index contributed by atoms with van der Waals surface area (Å²) in [6.45, 7) is 0. The molecule has 0 saturated carbocycles. The van der Waals surface area contributed by atoms with E-state index >= 15 is 0 Å². The van der Waals surface area contributed by atoms with Crippen LogP contribution >= 0.6 is 23.2 Å². The lowest BCUT2D eigenvalue weighted by atomic mass is 10.1. The van der Waals surface area contributed by atoms with Gasteiger partial charge in [-0.1, -0.05) is 71.7 Å². The van der Waals surface area contributed by atoms with Crippen molar-refractivity contribution in [3.8, 4) is 0 Å². The first-order valence-corrected chi connectivity index (χ1v) is 12.2. The number of hydrogen-bond donors (Lipinski definition) is 2. The molecule has 10 nitrogen and oxygen atoms in total. The number of benzene rings is 3. The summed E-state index contributed by atoms with van der Waals surface area (Å²) in [5.41, 5.74) is 2.54. The van der Waals surface area contributed by atoms with Gasteiger partial charge in [-0.3, -0.25) is 0 Å². The van der Waals surface area contributed by atoms with E-state index in [2.05, 4.69) is 30.6 Å². The van der Waals surface area contributed by atoms with Crippen LogP contribution in [0, 0.1) is 0 Å². The summed E-state index contributed by atoms with van der Waals surface area (Å²) in [5.74, 6) is 0.939. The van der Waals surface area contributed by atoms with E-state index < -0.39 is 11.4 Å². The molecule has 0 amide bonds. The zero-order chi connectivity index (χ0) is 26.5. The Morgan fingerprint density at radius 1 is 0.632 bits per heavy atom. The Balaban J connectivity index is 1.28. The molecule has 0 spiro atoms. The van der Waals surface area contributed by atoms with Gasteiger partial charge in [-0.15, -0.1) is 0 Å². The predicted octanol–water partition coefficient (Wildman–Crippen LogP) is 3.71. The highest BCUT2D eigenvalue weighted by molar-refractivity contribution is 6.30. The van der Waals surface area contributed by atoms with E-state index in [1.807, 2.05) is 48.5 Å². The van der Waals surface area contributed by atoms with Crippen LogP contribution in [0.15, 0.2) is 92.6 Å². The molecule has 38 heavy (non-hydrogen) atoms. The summed E-state index contributed by atoms with van der Waals surface area (Å²) in [6.07, 6.45) is 3.95. The minimum atomic E-state index is -0.436. The third kappa shape index (κ3) is 6.05. The molecule has 2 heterocycles. The van der Waals surface area contributed by atoms with Crippen LogP contribution in [-0.4, -0.2) is 42.2 Å². The summed E-state index contributed by atoms with van der Waals surface area (Å²) < 4.78 is 2.44. The molecule has 2 aromatic heterocycles. The van der Waals surface area contributed by atoms with Gasteiger partial charge in [0.1, 0.15) is 0 Å². The van der Waals surface area contributed by atoms with Crippen molar-refractivity contribution in [1.29, 1.82) is 0 Å². The first-order valence-electron chi connectivity index (χ1n) is 11.4. The molecule has 0 aliphatic rings. The molecule has 0 radical (unpaired) electrons. The van der Waals surface area contributed by atoms with Crippen LogP contribution in [0.1, 0.15) is 33.9 Å². The number of aromatic amines is 2. The molecule has 190 valence electrons. The SMILES string of the molecule is O=c1[nH]nc(Cc2ccc(Cl)cc2)n1/N=C\c1ccc(/C=N/n2c(Cc3ccc(Cl)cc3)n[nH]c2=O)cc1. The normalized spacial score (nSPS) is 11.6. The second-order valence-electron chi connectivity index (χ2n) is 8.28. The highest BCUT2D eigenvalue weighted by Gasteiger charge is 2.09. The highest BCUT2D eigenvalue weighted by atomic mass is 35.5. The zero-order valence-electron chi connectivity index (χ0n) is 19.8. The van der Waals surface area contributed by atoms with E-state index in [0.29, 0.717) is 34.5 Å². The van der Waals surface area contributed by atoms with Crippen LogP contribution in [0.2, 0.25) is 10.0 Å². The van der Waals surface area contributed by atoms with Crippen molar-refractivity contribution in [2.75, 3.05) is 0 Å². The van der Waals surface area contributed by atoms with Gasteiger partial charge in [-0.05, 0) is 46.5 Å². The predicted molar refractivity (Wildman–Crippen MR) is 147 cm³/mol. The lowest BCUT2D eigenvalue weighted by molar-refractivity contribution is 0.775. The maximum Gasteiger partial charge on any atom is 0.364 e. The second kappa shape index (κ2) is 11.2. The standard InChI is InChI=1S/C26H20Cl2N8O2/c27-21-9-5-17(6-10-21)13-23-31-33-25(37)35(23)29-15-19-1-2-20(4-3-19)16-30-36-24(32-34-26(36)38)14-18-7-11-22(28)12-8-18/h1-12,15-16H,13-14H2,(H,33,37)(H,34,38)/b29-15-,30-16+. The summed E-state index contributed by atoms with van der Waals surface area (Å²) in [4.78, 5) is 24.4. The smallest absolute Gasteiger partial charge is 0.244 e. The molecular weight excluding hydrogens is 527 g/mol. The van der Waals surface area contributed by atoms with E-state index in [4.69, 9.17) is 23.2 Å². The average molecular weight is 547 g/mol. The van der Waals surface area contributed by atoms with Gasteiger partial charge in [0.05, 0.1) is 12.4 Å². The minimum absolute atomic E-state index is 0.413. The molecule has 5 aromatic rings. The maximum atomic E-state index is 12.2. The van der Waals surface area contributed by atoms with Crippen molar-refractivity contribution in [3.63, 3.8) is 0 Å². The summed E-state index contributed by atoms with van der Waals surface area (Å²) in [6, 6.07) is 21.9. The Labute approximate surface area is 225 Å². The van der Waals surface area contributed by atoms with E-state index in [-0.39, 0.29) is 0 Å². The molecule has 0 atom stereocenters. The monoisotopic (exact) mass is 546 g/mol. The molecule has 2 N–H and O–H groups in total. The third-order valence-electron chi connectivity index (χ3n) is 5.57. The largest absolute Gasteiger partial charge is 0.364 e. The topological polar surface area (TPSA) is 126 Å². The molecule has 0 saturated heterocycles. The fourth-order valence-corrected chi connectivity index (χ4v) is 3.85. The number of H-pyrrole nitrogens is 2. The number of nitrogens with one attached hydrogen (secondary N) is 2. The van der Waals surface area contributed by atoms with Gasteiger partial charge in [-0.25, -0.2) is 19.8 Å². The molecule has 3 aromatic carbocycles. The molecular formula is C26H20Cl2N8O2. The van der Waals surface area contributed by atoms with Crippen molar-refractivity contribution in [2.45, 2.75) is 12.8 Å². The number of aromatic nitrogens is 6. The van der Waals surface area contributed by atoms with Crippen molar-refractivity contribution in [1.82, 2.24) is 29.7 Å². The number of halogens is 2. The minimum Gasteiger partial charge on any atom is -0.244 e. The van der Waals surface area contributed by atoms with Gasteiger partial charge in [0.25, 0.3) is 0 Å². The average Bonchev–Trinajstić information content (AvgIpc) is 3.45. The summed E-state index contributed by atoms with van der Waals surface area (Å²) >= 11 is 11.9. The first-order chi connectivity index (χ1) is 18.4. The Hall–Kier alpha value is -4.54. The molecule has 0 unspecified atom stereocenters. The molecule has 0 aliphatic heterocycles. The Kier molecular flexibility index (Phi) is 7.43. The van der Waals surface area contributed by atoms with Gasteiger partial charge in [0, 0.05) is 22.9 Å². The molecule has 0 bridgehead atoms. The first kappa shape index (κ1) is 25.1. The number of hydrogen-bond acceptors (Lipinski definition) is 6. The van der Waals surface area contributed by atoms with Gasteiger partial charge in [0.2, 0.25) is 0 Å². The Morgan fingerprint density at radius 2 is 1.00 bits per heavy atom. The number of nitrogens with zero attached hydrogens (tertiary/aromatic N) is 6. The van der Waals surface area contributed by atoms with Crippen LogP contribution < -0.4 is 11.4 Å². The van der Waals surface area contributed by atoms with Crippen molar-refractivity contribution < 1.29 is 0 Å². The Morgan fingerprint density at radius 3 is 1.37 bits per heavy atom. The van der Waals surface area contributed by atoms with Crippen molar-refractivity contribution in [2.24, 2.45) is 10.2 Å². The van der Waals surface area contributed by atoms with Gasteiger partial charge < -0.3 is 0 Å². The van der Waals surface area contributed by atoms with E-state index in [0.717, 1.165) is 22.3 Å². The second-order valence-corrected chi connectivity index (χ2v) is 9.15. The van der Waals surface area contributed by atoms with Crippen LogP contribution in [-0.2, 0) is 12.8 Å². The fraction of sp³-hybridized carbons (Fsp3) is 0.0769. The van der Waals surface area contributed by atoms with Gasteiger partial charge >= 0.3 is 11.4 Å². The van der Waals surface area contributed by atoms with Gasteiger partial charge in [0.15, 0.2) is 11.6 Å². The molecule has 5 rings (SSSR count). The van der Waals surface area contributed by atoms with Crippen molar-refractivity contribution in [3.05, 3.63) is 138 Å². The fourth-order valence-electron chi connectivity index (χ4n) is 3.60. The van der Waals surface area contributed by atoms with E-state index in [1.54, 1.807) is 36.7 Å². The lowest BCUT2D eigenvalue weighted by Crippen LogP contribution is -2.15. The van der Waals surface area contributed by atoms with Crippen LogP contribution in [0.5, 0.6) is 0 Å². The van der Waals surface area contributed by atoms with Crippen LogP contribution in [0.3, 0.4) is 0 Å². The Bertz CT molecular complexity index is 1580. The summed E-state index contributed by atoms with van der Waals surface area (Å²) in [7, 11) is 0. The van der Waals surface area contributed by atoms with Crippen LogP contribution in [0.25, 0.3) is 0 Å². The highest BCUT2D eigenvalue weighted by Crippen LogP contribution is 2.13. The molecule has 0 aliphatic carbocycles. The van der Waals surface area contributed by atoms with Gasteiger partial charge in [-0.2, -0.15) is 29.8 Å². The number of rotatable bonds is 8.